The molecule has 4 heteroatoms. The molecule has 0 unspecified atom stereocenters. The van der Waals surface area contributed by atoms with E-state index in [1.165, 1.54) is 0 Å². The maximum absolute atomic E-state index is 4.91. The van der Waals surface area contributed by atoms with Crippen molar-refractivity contribution in [2.45, 2.75) is 0 Å². The molecule has 1 N–H and O–H groups in total. The van der Waals surface area contributed by atoms with Crippen molar-refractivity contribution in [2.75, 3.05) is 0 Å². The summed E-state index contributed by atoms with van der Waals surface area (Å²) < 4.78 is 0.487. The Bertz CT molecular complexity index is 450. The van der Waals surface area contributed by atoms with E-state index in [1.54, 1.807) is 18.6 Å². The van der Waals surface area contributed by atoms with Crippen LogP contribution >= 0.6 is 12.2 Å². The van der Waals surface area contributed by atoms with Crippen molar-refractivity contribution in [3.63, 3.8) is 0 Å². The Balaban J connectivity index is 2.54. The summed E-state index contributed by atoms with van der Waals surface area (Å²) in [5.74, 6) is 0. The molecule has 0 aliphatic heterocycles. The first-order valence-electron chi connectivity index (χ1n) is 3.82. The Kier molecular flexibility index (Phi) is 2.14. The van der Waals surface area contributed by atoms with E-state index < -0.39 is 0 Å². The number of nitrogens with one attached hydrogen (secondary N) is 1. The highest BCUT2D eigenvalue weighted by Gasteiger charge is 1.95. The van der Waals surface area contributed by atoms with Gasteiger partial charge in [-0.3, -0.25) is 4.98 Å². The van der Waals surface area contributed by atoms with E-state index in [2.05, 4.69) is 15.0 Å². The normalized spacial score (nSPS) is 9.85. The Labute approximate surface area is 80.5 Å². The van der Waals surface area contributed by atoms with E-state index in [9.17, 15) is 0 Å². The molecule has 2 aromatic rings. The monoisotopic (exact) mass is 189 g/mol. The summed E-state index contributed by atoms with van der Waals surface area (Å²) in [7, 11) is 0. The van der Waals surface area contributed by atoms with Crippen LogP contribution in [-0.2, 0) is 0 Å². The van der Waals surface area contributed by atoms with Gasteiger partial charge in [-0.2, -0.15) is 0 Å². The van der Waals surface area contributed by atoms with Crippen molar-refractivity contribution in [2.24, 2.45) is 0 Å². The summed E-state index contributed by atoms with van der Waals surface area (Å²) in [6.45, 7) is 0. The van der Waals surface area contributed by atoms with Gasteiger partial charge in [-0.1, -0.05) is 0 Å². The number of aromatic nitrogens is 3. The van der Waals surface area contributed by atoms with Crippen LogP contribution in [0.1, 0.15) is 0 Å². The summed E-state index contributed by atoms with van der Waals surface area (Å²) >= 11 is 4.91. The number of hydrogen-bond donors (Lipinski definition) is 1. The lowest BCUT2D eigenvalue weighted by Gasteiger charge is -1.98. The lowest BCUT2D eigenvalue weighted by Crippen LogP contribution is -1.86. The topological polar surface area (TPSA) is 41.6 Å². The minimum Gasteiger partial charge on any atom is -0.330 e. The standard InChI is InChI=1S/C9H7N3S/c13-9-11-5-3-8(12-9)7-2-1-4-10-6-7/h1-6H,(H,11,12,13). The molecule has 0 saturated carbocycles. The highest BCUT2D eigenvalue weighted by molar-refractivity contribution is 7.71. The molecule has 0 bridgehead atoms. The largest absolute Gasteiger partial charge is 0.330 e. The number of nitrogens with zero attached hydrogens (tertiary/aromatic N) is 2. The molecular formula is C9H7N3S. The van der Waals surface area contributed by atoms with Gasteiger partial charge in [0.1, 0.15) is 0 Å². The lowest BCUT2D eigenvalue weighted by molar-refractivity contribution is 1.13. The van der Waals surface area contributed by atoms with Gasteiger partial charge in [0, 0.05) is 24.2 Å². The van der Waals surface area contributed by atoms with Crippen LogP contribution in [0.5, 0.6) is 0 Å². The molecule has 64 valence electrons. The first-order chi connectivity index (χ1) is 6.36. The maximum atomic E-state index is 4.91. The Hall–Kier alpha value is -1.55. The van der Waals surface area contributed by atoms with Gasteiger partial charge in [0.15, 0.2) is 4.77 Å². The fourth-order valence-corrected chi connectivity index (χ4v) is 1.23. The molecule has 2 rings (SSSR count). The van der Waals surface area contributed by atoms with Crippen molar-refractivity contribution >= 4 is 12.2 Å². The van der Waals surface area contributed by atoms with Gasteiger partial charge in [0.2, 0.25) is 0 Å². The predicted molar refractivity (Wildman–Crippen MR) is 52.7 cm³/mol. The second-order valence-corrected chi connectivity index (χ2v) is 2.92. The SMILES string of the molecule is S=c1nccc(-c2cccnc2)[nH]1. The molecule has 0 spiro atoms. The van der Waals surface area contributed by atoms with E-state index in [0.717, 1.165) is 11.3 Å². The predicted octanol–water partition coefficient (Wildman–Crippen LogP) is 2.20. The van der Waals surface area contributed by atoms with Crippen LogP contribution in [0, 0.1) is 4.77 Å². The van der Waals surface area contributed by atoms with Crippen molar-refractivity contribution in [3.8, 4) is 11.3 Å². The fraction of sp³-hybridized carbons (Fsp3) is 0. The van der Waals surface area contributed by atoms with Crippen LogP contribution in [0.25, 0.3) is 11.3 Å². The third-order valence-electron chi connectivity index (χ3n) is 1.65. The number of hydrogen-bond acceptors (Lipinski definition) is 3. The van der Waals surface area contributed by atoms with Gasteiger partial charge in [-0.25, -0.2) is 4.98 Å². The molecule has 2 aromatic heterocycles. The second-order valence-electron chi connectivity index (χ2n) is 2.53. The molecule has 3 nitrogen and oxygen atoms in total. The van der Waals surface area contributed by atoms with Crippen LogP contribution in [0.15, 0.2) is 36.8 Å². The van der Waals surface area contributed by atoms with Crippen LogP contribution in [0.3, 0.4) is 0 Å². The lowest BCUT2D eigenvalue weighted by atomic mass is 10.2. The zero-order valence-corrected chi connectivity index (χ0v) is 7.58. The molecule has 0 aromatic carbocycles. The average Bonchev–Trinajstić information content (AvgIpc) is 2.19. The molecule has 2 heterocycles. The molecule has 0 saturated heterocycles. The van der Waals surface area contributed by atoms with Gasteiger partial charge in [-0.05, 0) is 30.4 Å². The number of aromatic amines is 1. The summed E-state index contributed by atoms with van der Waals surface area (Å²) in [5.41, 5.74) is 1.95. The quantitative estimate of drug-likeness (QED) is 0.699. The van der Waals surface area contributed by atoms with E-state index in [-0.39, 0.29) is 0 Å². The highest BCUT2D eigenvalue weighted by atomic mass is 32.1. The molecule has 0 amide bonds. The van der Waals surface area contributed by atoms with Gasteiger partial charge in [0.05, 0.1) is 5.69 Å². The van der Waals surface area contributed by atoms with Gasteiger partial charge < -0.3 is 4.98 Å². The molecule has 0 radical (unpaired) electrons. The first kappa shape index (κ1) is 8.07. The van der Waals surface area contributed by atoms with Crippen molar-refractivity contribution in [1.82, 2.24) is 15.0 Å². The highest BCUT2D eigenvalue weighted by Crippen LogP contribution is 2.12. The molecule has 0 fully saturated rings. The zero-order chi connectivity index (χ0) is 9.10. The summed E-state index contributed by atoms with van der Waals surface area (Å²) in [5, 5.41) is 0. The van der Waals surface area contributed by atoms with Crippen molar-refractivity contribution in [1.29, 1.82) is 0 Å². The van der Waals surface area contributed by atoms with Crippen LogP contribution in [-0.4, -0.2) is 15.0 Å². The summed E-state index contributed by atoms with van der Waals surface area (Å²) in [6, 6.07) is 5.72. The smallest absolute Gasteiger partial charge is 0.197 e. The minimum atomic E-state index is 0.487. The van der Waals surface area contributed by atoms with E-state index in [4.69, 9.17) is 12.2 Å². The van der Waals surface area contributed by atoms with Crippen molar-refractivity contribution < 1.29 is 0 Å². The second kappa shape index (κ2) is 3.45. The first-order valence-corrected chi connectivity index (χ1v) is 4.23. The zero-order valence-electron chi connectivity index (χ0n) is 6.77. The Morgan fingerprint density at radius 3 is 2.85 bits per heavy atom. The minimum absolute atomic E-state index is 0.487. The summed E-state index contributed by atoms with van der Waals surface area (Å²) in [4.78, 5) is 10.9. The summed E-state index contributed by atoms with van der Waals surface area (Å²) in [6.07, 6.45) is 5.20. The molecular weight excluding hydrogens is 182 g/mol. The maximum Gasteiger partial charge on any atom is 0.197 e. The van der Waals surface area contributed by atoms with Gasteiger partial charge in [0.25, 0.3) is 0 Å². The number of H-pyrrole nitrogens is 1. The van der Waals surface area contributed by atoms with Crippen LogP contribution < -0.4 is 0 Å². The van der Waals surface area contributed by atoms with Crippen LogP contribution in [0.4, 0.5) is 0 Å². The number of rotatable bonds is 1. The van der Waals surface area contributed by atoms with Crippen LogP contribution in [0.2, 0.25) is 0 Å². The molecule has 13 heavy (non-hydrogen) atoms. The third kappa shape index (κ3) is 1.78. The number of pyridine rings is 1. The van der Waals surface area contributed by atoms with Gasteiger partial charge in [-0.15, -0.1) is 0 Å². The molecule has 0 atom stereocenters. The van der Waals surface area contributed by atoms with E-state index in [0.29, 0.717) is 4.77 Å². The Morgan fingerprint density at radius 1 is 1.23 bits per heavy atom. The average molecular weight is 189 g/mol. The molecule has 0 aliphatic rings. The molecule has 0 aliphatic carbocycles. The third-order valence-corrected chi connectivity index (χ3v) is 1.85. The Morgan fingerprint density at radius 2 is 2.15 bits per heavy atom. The van der Waals surface area contributed by atoms with Crippen molar-refractivity contribution in [3.05, 3.63) is 41.6 Å². The van der Waals surface area contributed by atoms with E-state index in [1.807, 2.05) is 18.2 Å². The van der Waals surface area contributed by atoms with E-state index >= 15 is 0 Å². The van der Waals surface area contributed by atoms with Gasteiger partial charge >= 0.3 is 0 Å². The fourth-order valence-electron chi connectivity index (χ4n) is 1.06.